The molecule has 4 heteroatoms. The normalized spacial score (nSPS) is 9.50. The second-order valence-electron chi connectivity index (χ2n) is 2.46. The van der Waals surface area contributed by atoms with E-state index in [0.29, 0.717) is 6.54 Å². The third kappa shape index (κ3) is 2.77. The SMILES string of the molecule is CN(Cc1ccncc1)C(=O)I. The molecule has 1 amide bonds. The minimum absolute atomic E-state index is 0.0458. The van der Waals surface area contributed by atoms with Crippen molar-refractivity contribution in [3.8, 4) is 0 Å². The number of amides is 1. The van der Waals surface area contributed by atoms with Gasteiger partial charge in [0.25, 0.3) is 3.91 Å². The van der Waals surface area contributed by atoms with Gasteiger partial charge >= 0.3 is 0 Å². The number of hydrogen-bond acceptors (Lipinski definition) is 2. The molecular formula is C8H9IN2O. The number of carbonyl (C=O) groups excluding carboxylic acids is 1. The first-order chi connectivity index (χ1) is 5.70. The molecule has 0 bridgehead atoms. The lowest BCUT2D eigenvalue weighted by atomic mass is 10.3. The van der Waals surface area contributed by atoms with Crippen LogP contribution in [-0.4, -0.2) is 20.8 Å². The van der Waals surface area contributed by atoms with Crippen LogP contribution < -0.4 is 0 Å². The summed E-state index contributed by atoms with van der Waals surface area (Å²) in [6.07, 6.45) is 3.45. The maximum absolute atomic E-state index is 10.8. The molecule has 1 rings (SSSR count). The summed E-state index contributed by atoms with van der Waals surface area (Å²) < 4.78 is 0.0458. The van der Waals surface area contributed by atoms with Gasteiger partial charge in [-0.05, 0) is 17.7 Å². The maximum Gasteiger partial charge on any atom is 0.283 e. The third-order valence-corrected chi connectivity index (χ3v) is 2.29. The molecule has 0 spiro atoms. The molecule has 0 fully saturated rings. The lowest BCUT2D eigenvalue weighted by Crippen LogP contribution is -2.19. The van der Waals surface area contributed by atoms with Gasteiger partial charge in [-0.25, -0.2) is 0 Å². The van der Waals surface area contributed by atoms with Crippen molar-refractivity contribution in [3.63, 3.8) is 0 Å². The molecule has 0 saturated carbocycles. The molecule has 0 aliphatic heterocycles. The topological polar surface area (TPSA) is 33.2 Å². The van der Waals surface area contributed by atoms with E-state index < -0.39 is 0 Å². The van der Waals surface area contributed by atoms with Gasteiger partial charge in [-0.1, -0.05) is 0 Å². The summed E-state index contributed by atoms with van der Waals surface area (Å²) >= 11 is 1.77. The highest BCUT2D eigenvalue weighted by atomic mass is 127. The number of aromatic nitrogens is 1. The number of carbonyl (C=O) groups is 1. The van der Waals surface area contributed by atoms with Gasteiger partial charge in [0.15, 0.2) is 0 Å². The smallest absolute Gasteiger partial charge is 0.283 e. The van der Waals surface area contributed by atoms with Crippen molar-refractivity contribution >= 4 is 26.5 Å². The first-order valence-corrected chi connectivity index (χ1v) is 4.57. The average molecular weight is 276 g/mol. The second-order valence-corrected chi connectivity index (χ2v) is 3.39. The Labute approximate surface area is 84.9 Å². The molecule has 0 unspecified atom stereocenters. The van der Waals surface area contributed by atoms with Gasteiger partial charge in [0.2, 0.25) is 0 Å². The molecule has 3 nitrogen and oxygen atoms in total. The van der Waals surface area contributed by atoms with E-state index in [4.69, 9.17) is 0 Å². The van der Waals surface area contributed by atoms with Crippen LogP contribution in [0.3, 0.4) is 0 Å². The number of hydrogen-bond donors (Lipinski definition) is 0. The fourth-order valence-electron chi connectivity index (χ4n) is 0.824. The fourth-order valence-corrected chi connectivity index (χ4v) is 0.995. The van der Waals surface area contributed by atoms with Crippen molar-refractivity contribution < 1.29 is 4.79 Å². The minimum atomic E-state index is 0.0458. The van der Waals surface area contributed by atoms with Gasteiger partial charge in [-0.3, -0.25) is 9.78 Å². The zero-order chi connectivity index (χ0) is 8.97. The number of halogens is 1. The van der Waals surface area contributed by atoms with Crippen LogP contribution in [0, 0.1) is 0 Å². The van der Waals surface area contributed by atoms with Crippen LogP contribution in [-0.2, 0) is 6.54 Å². The van der Waals surface area contributed by atoms with E-state index >= 15 is 0 Å². The van der Waals surface area contributed by atoms with Crippen LogP contribution in [0.5, 0.6) is 0 Å². The molecular weight excluding hydrogens is 267 g/mol. The van der Waals surface area contributed by atoms with E-state index in [1.165, 1.54) is 0 Å². The molecule has 1 aromatic rings. The Morgan fingerprint density at radius 3 is 2.67 bits per heavy atom. The molecule has 0 aliphatic rings. The third-order valence-electron chi connectivity index (χ3n) is 1.47. The second kappa shape index (κ2) is 4.39. The van der Waals surface area contributed by atoms with Crippen LogP contribution in [0.1, 0.15) is 5.56 Å². The van der Waals surface area contributed by atoms with Crippen molar-refractivity contribution in [1.29, 1.82) is 0 Å². The van der Waals surface area contributed by atoms with Crippen molar-refractivity contribution in [2.75, 3.05) is 7.05 Å². The molecule has 0 N–H and O–H groups in total. The van der Waals surface area contributed by atoms with Crippen molar-refractivity contribution in [2.45, 2.75) is 6.54 Å². The predicted molar refractivity (Wildman–Crippen MR) is 55.1 cm³/mol. The van der Waals surface area contributed by atoms with E-state index in [9.17, 15) is 4.79 Å². The largest absolute Gasteiger partial charge is 0.333 e. The Balaban J connectivity index is 2.58. The quantitative estimate of drug-likeness (QED) is 0.470. The van der Waals surface area contributed by atoms with E-state index in [2.05, 4.69) is 4.98 Å². The highest BCUT2D eigenvalue weighted by molar-refractivity contribution is 14.1. The molecule has 0 atom stereocenters. The van der Waals surface area contributed by atoms with Gasteiger partial charge in [0.05, 0.1) is 0 Å². The monoisotopic (exact) mass is 276 g/mol. The lowest BCUT2D eigenvalue weighted by Gasteiger charge is -2.12. The Kier molecular flexibility index (Phi) is 3.46. The van der Waals surface area contributed by atoms with E-state index in [-0.39, 0.29) is 3.91 Å². The Hall–Kier alpha value is -0.650. The van der Waals surface area contributed by atoms with Gasteiger partial charge in [-0.2, -0.15) is 0 Å². The van der Waals surface area contributed by atoms with Gasteiger partial charge in [0, 0.05) is 48.6 Å². The molecule has 0 saturated heterocycles. The lowest BCUT2D eigenvalue weighted by molar-refractivity contribution is 0.235. The highest BCUT2D eigenvalue weighted by Crippen LogP contribution is 2.04. The Bertz CT molecular complexity index is 263. The standard InChI is InChI=1S/C8H9IN2O/c1-11(8(9)12)6-7-2-4-10-5-3-7/h2-5H,6H2,1H3. The number of nitrogens with zero attached hydrogens (tertiary/aromatic N) is 2. The number of pyridine rings is 1. The zero-order valence-corrected chi connectivity index (χ0v) is 8.85. The van der Waals surface area contributed by atoms with Crippen LogP contribution in [0.25, 0.3) is 0 Å². The van der Waals surface area contributed by atoms with Gasteiger partial charge < -0.3 is 4.90 Å². The van der Waals surface area contributed by atoms with Crippen molar-refractivity contribution in [2.24, 2.45) is 0 Å². The summed E-state index contributed by atoms with van der Waals surface area (Å²) in [4.78, 5) is 16.4. The summed E-state index contributed by atoms with van der Waals surface area (Å²) in [7, 11) is 1.77. The van der Waals surface area contributed by atoms with Crippen LogP contribution in [0.4, 0.5) is 4.79 Å². The molecule has 0 radical (unpaired) electrons. The maximum atomic E-state index is 10.8. The van der Waals surface area contributed by atoms with E-state index in [1.807, 2.05) is 12.1 Å². The summed E-state index contributed by atoms with van der Waals surface area (Å²) in [5, 5.41) is 0. The highest BCUT2D eigenvalue weighted by Gasteiger charge is 2.03. The summed E-state index contributed by atoms with van der Waals surface area (Å²) in [6.45, 7) is 0.643. The van der Waals surface area contributed by atoms with E-state index in [0.717, 1.165) is 5.56 Å². The molecule has 1 aromatic heterocycles. The van der Waals surface area contributed by atoms with Crippen molar-refractivity contribution in [1.82, 2.24) is 9.88 Å². The predicted octanol–water partition coefficient (Wildman–Crippen LogP) is 2.07. The zero-order valence-electron chi connectivity index (χ0n) is 6.70. The summed E-state index contributed by atoms with van der Waals surface area (Å²) in [5.41, 5.74) is 1.09. The van der Waals surface area contributed by atoms with Crippen LogP contribution >= 0.6 is 22.6 Å². The Morgan fingerprint density at radius 2 is 2.17 bits per heavy atom. The first kappa shape index (κ1) is 9.44. The van der Waals surface area contributed by atoms with Crippen molar-refractivity contribution in [3.05, 3.63) is 30.1 Å². The molecule has 64 valence electrons. The molecule has 1 heterocycles. The minimum Gasteiger partial charge on any atom is -0.333 e. The summed E-state index contributed by atoms with van der Waals surface area (Å²) in [5.74, 6) is 0. The first-order valence-electron chi connectivity index (χ1n) is 3.49. The molecule has 0 aromatic carbocycles. The summed E-state index contributed by atoms with van der Waals surface area (Å²) in [6, 6.07) is 3.80. The van der Waals surface area contributed by atoms with Crippen LogP contribution in [0.2, 0.25) is 0 Å². The average Bonchev–Trinajstić information content (AvgIpc) is 2.06. The molecule has 12 heavy (non-hydrogen) atoms. The van der Waals surface area contributed by atoms with Crippen LogP contribution in [0.15, 0.2) is 24.5 Å². The van der Waals surface area contributed by atoms with Gasteiger partial charge in [0.1, 0.15) is 0 Å². The van der Waals surface area contributed by atoms with E-state index in [1.54, 1.807) is 46.9 Å². The molecule has 0 aliphatic carbocycles. The Morgan fingerprint density at radius 1 is 1.58 bits per heavy atom. The fraction of sp³-hybridized carbons (Fsp3) is 0.250. The van der Waals surface area contributed by atoms with Gasteiger partial charge in [-0.15, -0.1) is 0 Å². The number of rotatable bonds is 2.